The van der Waals surface area contributed by atoms with Gasteiger partial charge in [-0.1, -0.05) is 23.7 Å². The number of carbonyl (C=O) groups excluding carboxylic acids is 2. The maximum absolute atomic E-state index is 13.4. The van der Waals surface area contributed by atoms with Crippen LogP contribution in [0, 0.1) is 11.6 Å². The van der Waals surface area contributed by atoms with Gasteiger partial charge in [-0.3, -0.25) is 9.59 Å². The van der Waals surface area contributed by atoms with E-state index >= 15 is 0 Å². The van der Waals surface area contributed by atoms with Crippen LogP contribution in [0.25, 0.3) is 0 Å². The average molecular weight is 339 g/mol. The van der Waals surface area contributed by atoms with E-state index in [1.807, 2.05) is 0 Å². The summed E-state index contributed by atoms with van der Waals surface area (Å²) in [4.78, 5) is 23.5. The highest BCUT2D eigenvalue weighted by molar-refractivity contribution is 6.30. The van der Waals surface area contributed by atoms with Crippen LogP contribution >= 0.6 is 11.6 Å². The van der Waals surface area contributed by atoms with Crippen LogP contribution in [0.4, 0.5) is 8.78 Å². The van der Waals surface area contributed by atoms with E-state index < -0.39 is 23.1 Å². The molecular formula is C16H13ClF2N2O2. The zero-order valence-corrected chi connectivity index (χ0v) is 12.7. The first kappa shape index (κ1) is 16.9. The van der Waals surface area contributed by atoms with E-state index in [9.17, 15) is 18.4 Å². The minimum absolute atomic E-state index is 0.0267. The monoisotopic (exact) mass is 338 g/mol. The van der Waals surface area contributed by atoms with Gasteiger partial charge in [0.2, 0.25) is 0 Å². The Morgan fingerprint density at radius 2 is 1.48 bits per heavy atom. The summed E-state index contributed by atoms with van der Waals surface area (Å²) in [6.45, 7) is 0.131. The third-order valence-corrected chi connectivity index (χ3v) is 3.21. The number of nitrogens with one attached hydrogen (secondary N) is 2. The van der Waals surface area contributed by atoms with E-state index in [0.29, 0.717) is 10.6 Å². The molecule has 2 N–H and O–H groups in total. The fourth-order valence-corrected chi connectivity index (χ4v) is 2.08. The molecule has 0 unspecified atom stereocenters. The van der Waals surface area contributed by atoms with Gasteiger partial charge in [-0.15, -0.1) is 0 Å². The molecule has 4 nitrogen and oxygen atoms in total. The number of hydrogen-bond acceptors (Lipinski definition) is 2. The highest BCUT2D eigenvalue weighted by atomic mass is 35.5. The summed E-state index contributed by atoms with van der Waals surface area (Å²) in [6, 6.07) is 9.55. The minimum Gasteiger partial charge on any atom is -0.350 e. The molecule has 0 saturated heterocycles. The summed E-state index contributed by atoms with van der Waals surface area (Å²) in [7, 11) is 0. The molecule has 0 aliphatic heterocycles. The molecule has 0 bridgehead atoms. The summed E-state index contributed by atoms with van der Waals surface area (Å²) in [6.07, 6.45) is 0. The van der Waals surface area contributed by atoms with Crippen molar-refractivity contribution >= 4 is 23.4 Å². The van der Waals surface area contributed by atoms with Crippen molar-refractivity contribution in [2.24, 2.45) is 0 Å². The fourth-order valence-electron chi connectivity index (χ4n) is 1.89. The largest absolute Gasteiger partial charge is 0.350 e. The van der Waals surface area contributed by atoms with Crippen LogP contribution in [0.5, 0.6) is 0 Å². The number of halogens is 3. The first-order valence-corrected chi connectivity index (χ1v) is 7.13. The second-order valence-corrected chi connectivity index (χ2v) is 5.06. The SMILES string of the molecule is O=C(NCCNC(=O)c1c(F)cccc1F)c1cccc(Cl)c1. The summed E-state index contributed by atoms with van der Waals surface area (Å²) >= 11 is 5.78. The summed E-state index contributed by atoms with van der Waals surface area (Å²) < 4.78 is 26.8. The molecule has 0 aromatic heterocycles. The molecule has 23 heavy (non-hydrogen) atoms. The van der Waals surface area contributed by atoms with E-state index in [-0.39, 0.29) is 19.0 Å². The molecule has 2 aromatic rings. The molecule has 2 amide bonds. The van der Waals surface area contributed by atoms with Crippen molar-refractivity contribution in [1.82, 2.24) is 10.6 Å². The van der Waals surface area contributed by atoms with Gasteiger partial charge in [0, 0.05) is 23.7 Å². The van der Waals surface area contributed by atoms with Gasteiger partial charge in [-0.05, 0) is 30.3 Å². The molecule has 0 heterocycles. The summed E-state index contributed by atoms with van der Waals surface area (Å²) in [5.74, 6) is -3.12. The maximum atomic E-state index is 13.4. The van der Waals surface area contributed by atoms with Gasteiger partial charge < -0.3 is 10.6 Å². The Labute approximate surface area is 136 Å². The smallest absolute Gasteiger partial charge is 0.257 e. The third-order valence-electron chi connectivity index (χ3n) is 2.97. The van der Waals surface area contributed by atoms with Gasteiger partial charge in [0.05, 0.1) is 0 Å². The Bertz CT molecular complexity index is 718. The second kappa shape index (κ2) is 7.69. The molecule has 7 heteroatoms. The van der Waals surface area contributed by atoms with E-state index in [4.69, 9.17) is 11.6 Å². The van der Waals surface area contributed by atoms with Gasteiger partial charge in [0.15, 0.2) is 0 Å². The summed E-state index contributed by atoms with van der Waals surface area (Å²) in [5.41, 5.74) is -0.266. The Hall–Kier alpha value is -2.47. The van der Waals surface area contributed by atoms with Crippen molar-refractivity contribution in [3.05, 3.63) is 70.2 Å². The zero-order chi connectivity index (χ0) is 16.8. The molecule has 0 radical (unpaired) electrons. The summed E-state index contributed by atoms with van der Waals surface area (Å²) in [5, 5.41) is 5.33. The number of rotatable bonds is 5. The molecule has 0 fully saturated rings. The van der Waals surface area contributed by atoms with Gasteiger partial charge in [-0.2, -0.15) is 0 Å². The Morgan fingerprint density at radius 1 is 0.913 bits per heavy atom. The lowest BCUT2D eigenvalue weighted by molar-refractivity contribution is 0.0922. The Balaban J connectivity index is 1.83. The topological polar surface area (TPSA) is 58.2 Å². The first-order valence-electron chi connectivity index (χ1n) is 6.75. The van der Waals surface area contributed by atoms with E-state index in [1.54, 1.807) is 18.2 Å². The van der Waals surface area contributed by atoms with Crippen LogP contribution in [-0.2, 0) is 0 Å². The molecule has 0 saturated carbocycles. The van der Waals surface area contributed by atoms with E-state index in [2.05, 4.69) is 10.6 Å². The Kier molecular flexibility index (Phi) is 5.65. The predicted octanol–water partition coefficient (Wildman–Crippen LogP) is 2.78. The van der Waals surface area contributed by atoms with Crippen molar-refractivity contribution in [2.45, 2.75) is 0 Å². The van der Waals surface area contributed by atoms with Crippen LogP contribution in [-0.4, -0.2) is 24.9 Å². The minimum atomic E-state index is -0.939. The standard InChI is InChI=1S/C16H13ClF2N2O2/c17-11-4-1-3-10(9-11)15(22)20-7-8-21-16(23)14-12(18)5-2-6-13(14)19/h1-6,9H,7-8H2,(H,20,22)(H,21,23). The number of hydrogen-bond donors (Lipinski definition) is 2. The average Bonchev–Trinajstić information content (AvgIpc) is 2.51. The van der Waals surface area contributed by atoms with Crippen LogP contribution < -0.4 is 10.6 Å². The molecule has 2 aromatic carbocycles. The normalized spacial score (nSPS) is 10.2. The quantitative estimate of drug-likeness (QED) is 0.824. The van der Waals surface area contributed by atoms with Crippen LogP contribution in [0.15, 0.2) is 42.5 Å². The van der Waals surface area contributed by atoms with Gasteiger partial charge >= 0.3 is 0 Å². The van der Waals surface area contributed by atoms with Crippen molar-refractivity contribution in [1.29, 1.82) is 0 Å². The van der Waals surface area contributed by atoms with Crippen molar-refractivity contribution in [3.8, 4) is 0 Å². The lowest BCUT2D eigenvalue weighted by atomic mass is 10.2. The zero-order valence-electron chi connectivity index (χ0n) is 11.9. The van der Waals surface area contributed by atoms with Crippen LogP contribution in [0.2, 0.25) is 5.02 Å². The third kappa shape index (κ3) is 4.50. The van der Waals surface area contributed by atoms with Gasteiger partial charge in [0.1, 0.15) is 17.2 Å². The molecule has 0 aliphatic carbocycles. The molecule has 0 spiro atoms. The highest BCUT2D eigenvalue weighted by Gasteiger charge is 2.16. The van der Waals surface area contributed by atoms with Crippen molar-refractivity contribution in [3.63, 3.8) is 0 Å². The first-order chi connectivity index (χ1) is 11.0. The number of benzene rings is 2. The predicted molar refractivity (Wildman–Crippen MR) is 82.5 cm³/mol. The fraction of sp³-hybridized carbons (Fsp3) is 0.125. The number of carbonyl (C=O) groups is 2. The lowest BCUT2D eigenvalue weighted by Gasteiger charge is -2.08. The molecule has 120 valence electrons. The lowest BCUT2D eigenvalue weighted by Crippen LogP contribution is -2.35. The van der Waals surface area contributed by atoms with Gasteiger partial charge in [-0.25, -0.2) is 8.78 Å². The Morgan fingerprint density at radius 3 is 2.09 bits per heavy atom. The van der Waals surface area contributed by atoms with Crippen LogP contribution in [0.1, 0.15) is 20.7 Å². The van der Waals surface area contributed by atoms with E-state index in [1.165, 1.54) is 12.1 Å². The second-order valence-electron chi connectivity index (χ2n) is 4.62. The van der Waals surface area contributed by atoms with Crippen molar-refractivity contribution < 1.29 is 18.4 Å². The molecule has 0 atom stereocenters. The van der Waals surface area contributed by atoms with Crippen molar-refractivity contribution in [2.75, 3.05) is 13.1 Å². The molecule has 0 aliphatic rings. The van der Waals surface area contributed by atoms with Crippen LogP contribution in [0.3, 0.4) is 0 Å². The number of amides is 2. The highest BCUT2D eigenvalue weighted by Crippen LogP contribution is 2.12. The maximum Gasteiger partial charge on any atom is 0.257 e. The van der Waals surface area contributed by atoms with E-state index in [0.717, 1.165) is 12.1 Å². The molecule has 2 rings (SSSR count). The van der Waals surface area contributed by atoms with Gasteiger partial charge in [0.25, 0.3) is 11.8 Å². The molecular weight excluding hydrogens is 326 g/mol.